The van der Waals surface area contributed by atoms with Gasteiger partial charge in [-0.2, -0.15) is 0 Å². The van der Waals surface area contributed by atoms with Crippen LogP contribution in [-0.4, -0.2) is 21.7 Å². The molecule has 4 heteroatoms. The second-order valence-corrected chi connectivity index (χ2v) is 8.81. The van der Waals surface area contributed by atoms with E-state index in [1.54, 1.807) is 0 Å². The van der Waals surface area contributed by atoms with Gasteiger partial charge in [-0.15, -0.1) is 6.58 Å². The zero-order valence-electron chi connectivity index (χ0n) is 18.1. The zero-order valence-corrected chi connectivity index (χ0v) is 18.9. The summed E-state index contributed by atoms with van der Waals surface area (Å²) >= 11 is 5.91. The molecule has 3 rings (SSSR count). The van der Waals surface area contributed by atoms with E-state index >= 15 is 0 Å². The average Bonchev–Trinajstić information content (AvgIpc) is 2.71. The Morgan fingerprint density at radius 3 is 2.52 bits per heavy atom. The minimum atomic E-state index is -0.390. The van der Waals surface area contributed by atoms with Crippen molar-refractivity contribution in [1.82, 2.24) is 0 Å². The number of hydrogen-bond acceptors (Lipinski definition) is 3. The summed E-state index contributed by atoms with van der Waals surface area (Å²) in [6.45, 7) is 14.1. The van der Waals surface area contributed by atoms with Crippen molar-refractivity contribution in [1.29, 1.82) is 0 Å². The Balaban J connectivity index is 1.90. The fourth-order valence-corrected chi connectivity index (χ4v) is 4.70. The van der Waals surface area contributed by atoms with Gasteiger partial charge in [0.2, 0.25) is 0 Å². The van der Waals surface area contributed by atoms with Gasteiger partial charge in [0, 0.05) is 23.7 Å². The molecule has 2 aromatic carbocycles. The van der Waals surface area contributed by atoms with E-state index in [0.717, 1.165) is 51.5 Å². The maximum atomic E-state index is 10.4. The second-order valence-electron chi connectivity index (χ2n) is 8.34. The van der Waals surface area contributed by atoms with Crippen molar-refractivity contribution in [3.05, 3.63) is 65.2 Å². The quantitative estimate of drug-likeness (QED) is 0.471. The molecule has 29 heavy (non-hydrogen) atoms. The maximum absolute atomic E-state index is 10.4. The highest BCUT2D eigenvalue weighted by molar-refractivity contribution is 7.80. The molecule has 1 heterocycles. The third-order valence-electron chi connectivity index (χ3n) is 6.17. The molecule has 2 aromatic rings. The normalized spacial score (nSPS) is 19.1. The van der Waals surface area contributed by atoms with Crippen LogP contribution in [0.3, 0.4) is 0 Å². The van der Waals surface area contributed by atoms with Crippen molar-refractivity contribution in [3.63, 3.8) is 0 Å². The van der Waals surface area contributed by atoms with E-state index in [9.17, 15) is 5.11 Å². The Morgan fingerprint density at radius 2 is 1.90 bits per heavy atom. The van der Waals surface area contributed by atoms with E-state index in [0.29, 0.717) is 12.2 Å². The molecular weight excluding hydrogens is 378 g/mol. The number of fused-ring (bicyclic) bond motifs is 1. The van der Waals surface area contributed by atoms with Crippen molar-refractivity contribution in [2.75, 3.05) is 4.90 Å². The fourth-order valence-electron chi connectivity index (χ4n) is 4.12. The monoisotopic (exact) mass is 409 g/mol. The summed E-state index contributed by atoms with van der Waals surface area (Å²) in [6, 6.07) is 10.3. The summed E-state index contributed by atoms with van der Waals surface area (Å²) in [6.07, 6.45) is 4.29. The van der Waals surface area contributed by atoms with E-state index in [2.05, 4.69) is 37.5 Å². The standard InChI is InChI=1S/C25H31NO2S/c1-7-16(2)26(20-11-9-8-10-12-20)22(29)15-25(6)14-13-21-19(5)23(27)17(3)18(4)24(21)28-25/h7-12,16,27H,1,13-15H2,2-6H3. The van der Waals surface area contributed by atoms with Crippen LogP contribution in [0.2, 0.25) is 0 Å². The highest BCUT2D eigenvalue weighted by Crippen LogP contribution is 2.44. The third kappa shape index (κ3) is 4.04. The highest BCUT2D eigenvalue weighted by atomic mass is 32.1. The average molecular weight is 410 g/mol. The molecular formula is C25H31NO2S. The first-order valence-electron chi connectivity index (χ1n) is 10.2. The number of ether oxygens (including phenoxy) is 1. The van der Waals surface area contributed by atoms with Gasteiger partial charge in [-0.3, -0.25) is 0 Å². The van der Waals surface area contributed by atoms with E-state index in [1.807, 2.05) is 45.0 Å². The minimum absolute atomic E-state index is 0.0903. The molecule has 0 amide bonds. The second kappa shape index (κ2) is 8.19. The summed E-state index contributed by atoms with van der Waals surface area (Å²) in [7, 11) is 0. The van der Waals surface area contributed by atoms with Crippen LogP contribution in [0.1, 0.15) is 48.9 Å². The molecule has 1 aliphatic rings. The number of para-hydroxylation sites is 1. The predicted molar refractivity (Wildman–Crippen MR) is 125 cm³/mol. The van der Waals surface area contributed by atoms with Gasteiger partial charge in [0.05, 0.1) is 4.99 Å². The summed E-state index contributed by atoms with van der Waals surface area (Å²) in [4.78, 5) is 3.01. The molecule has 0 aliphatic carbocycles. The lowest BCUT2D eigenvalue weighted by molar-refractivity contribution is 0.0712. The van der Waals surface area contributed by atoms with Crippen LogP contribution in [0, 0.1) is 20.8 Å². The molecule has 0 fully saturated rings. The molecule has 0 bridgehead atoms. The Hall–Kier alpha value is -2.33. The van der Waals surface area contributed by atoms with Crippen molar-refractivity contribution < 1.29 is 9.84 Å². The molecule has 2 unspecified atom stereocenters. The van der Waals surface area contributed by atoms with Gasteiger partial charge in [0.1, 0.15) is 17.1 Å². The van der Waals surface area contributed by atoms with Crippen LogP contribution in [0.25, 0.3) is 0 Å². The number of phenolic OH excluding ortho intramolecular Hbond substituents is 1. The van der Waals surface area contributed by atoms with Crippen molar-refractivity contribution >= 4 is 22.9 Å². The number of rotatable bonds is 5. The molecule has 0 saturated heterocycles. The highest BCUT2D eigenvalue weighted by Gasteiger charge is 2.37. The van der Waals surface area contributed by atoms with Gasteiger partial charge in [-0.05, 0) is 76.3 Å². The van der Waals surface area contributed by atoms with Gasteiger partial charge in [-0.25, -0.2) is 0 Å². The summed E-state index contributed by atoms with van der Waals surface area (Å²) in [5, 5.41) is 10.4. The first kappa shape index (κ1) is 21.4. The number of thiocarbonyl (C=S) groups is 1. The van der Waals surface area contributed by atoms with Gasteiger partial charge in [-0.1, -0.05) is 36.5 Å². The van der Waals surface area contributed by atoms with Crippen molar-refractivity contribution in [3.8, 4) is 11.5 Å². The predicted octanol–water partition coefficient (Wildman–Crippen LogP) is 6.20. The number of benzene rings is 2. The van der Waals surface area contributed by atoms with Crippen LogP contribution in [0.15, 0.2) is 43.0 Å². The van der Waals surface area contributed by atoms with Crippen LogP contribution in [0.5, 0.6) is 11.5 Å². The van der Waals surface area contributed by atoms with Gasteiger partial charge in [0.25, 0.3) is 0 Å². The molecule has 0 aromatic heterocycles. The van der Waals surface area contributed by atoms with Crippen molar-refractivity contribution in [2.45, 2.75) is 65.5 Å². The Kier molecular flexibility index (Phi) is 6.04. The molecule has 154 valence electrons. The van der Waals surface area contributed by atoms with Crippen LogP contribution < -0.4 is 9.64 Å². The molecule has 2 atom stereocenters. The Morgan fingerprint density at radius 1 is 1.24 bits per heavy atom. The minimum Gasteiger partial charge on any atom is -0.507 e. The summed E-state index contributed by atoms with van der Waals surface area (Å²) in [5.41, 5.74) is 4.63. The smallest absolute Gasteiger partial charge is 0.127 e. The lowest BCUT2D eigenvalue weighted by atomic mass is 9.85. The van der Waals surface area contributed by atoms with Gasteiger partial charge >= 0.3 is 0 Å². The van der Waals surface area contributed by atoms with Gasteiger partial charge < -0.3 is 14.7 Å². The SMILES string of the molecule is C=CC(C)N(C(=S)CC1(C)CCc2c(C)c(O)c(C)c(C)c2O1)c1ccccc1. The van der Waals surface area contributed by atoms with Crippen LogP contribution in [-0.2, 0) is 6.42 Å². The summed E-state index contributed by atoms with van der Waals surface area (Å²) < 4.78 is 6.59. The third-order valence-corrected chi connectivity index (χ3v) is 6.51. The fraction of sp³-hybridized carbons (Fsp3) is 0.400. The summed E-state index contributed by atoms with van der Waals surface area (Å²) in [5.74, 6) is 1.30. The molecule has 0 spiro atoms. The number of phenols is 1. The first-order valence-corrected chi connectivity index (χ1v) is 10.6. The first-order chi connectivity index (χ1) is 13.7. The number of nitrogens with zero attached hydrogens (tertiary/aromatic N) is 1. The number of anilines is 1. The topological polar surface area (TPSA) is 32.7 Å². The lowest BCUT2D eigenvalue weighted by Crippen LogP contribution is -2.45. The van der Waals surface area contributed by atoms with Crippen molar-refractivity contribution in [2.24, 2.45) is 0 Å². The molecule has 1 aliphatic heterocycles. The number of aromatic hydroxyl groups is 1. The number of hydrogen-bond donors (Lipinski definition) is 1. The Bertz CT molecular complexity index is 938. The largest absolute Gasteiger partial charge is 0.507 e. The maximum Gasteiger partial charge on any atom is 0.127 e. The van der Waals surface area contributed by atoms with Crippen LogP contribution >= 0.6 is 12.2 Å². The van der Waals surface area contributed by atoms with E-state index in [1.165, 1.54) is 0 Å². The Labute approximate surface area is 180 Å². The molecule has 1 N–H and O–H groups in total. The van der Waals surface area contributed by atoms with E-state index in [4.69, 9.17) is 17.0 Å². The van der Waals surface area contributed by atoms with Crippen LogP contribution in [0.4, 0.5) is 5.69 Å². The molecule has 0 radical (unpaired) electrons. The van der Waals surface area contributed by atoms with E-state index in [-0.39, 0.29) is 6.04 Å². The zero-order chi connectivity index (χ0) is 21.3. The van der Waals surface area contributed by atoms with E-state index < -0.39 is 5.60 Å². The molecule has 3 nitrogen and oxygen atoms in total. The lowest BCUT2D eigenvalue weighted by Gasteiger charge is -2.40. The van der Waals surface area contributed by atoms with Gasteiger partial charge in [0.15, 0.2) is 0 Å². The molecule has 0 saturated carbocycles.